The van der Waals surface area contributed by atoms with Crippen LogP contribution in [0.5, 0.6) is 0 Å². The highest BCUT2D eigenvalue weighted by molar-refractivity contribution is 9.10. The molecular weight excluding hydrogens is 404 g/mol. The van der Waals surface area contributed by atoms with Gasteiger partial charge in [-0.2, -0.15) is 0 Å². The number of nitrogens with one attached hydrogen (secondary N) is 1. The molecule has 3 rings (SSSR count). The molecule has 1 aromatic heterocycles. The molecule has 0 bridgehead atoms. The Kier molecular flexibility index (Phi) is 6.20. The van der Waals surface area contributed by atoms with Gasteiger partial charge in [-0.25, -0.2) is 0 Å². The van der Waals surface area contributed by atoms with Gasteiger partial charge in [0.05, 0.1) is 4.47 Å². The number of fused-ring (bicyclic) bond motifs is 1. The summed E-state index contributed by atoms with van der Waals surface area (Å²) < 4.78 is 2.70. The monoisotopic (exact) mass is 430 g/mol. The van der Waals surface area contributed by atoms with Crippen molar-refractivity contribution in [1.82, 2.24) is 4.57 Å². The van der Waals surface area contributed by atoms with E-state index < -0.39 is 0 Å². The molecule has 0 atom stereocenters. The van der Waals surface area contributed by atoms with Gasteiger partial charge in [0, 0.05) is 23.6 Å². The molecule has 1 aliphatic rings. The number of aromatic nitrogens is 1. The number of carbonyl (C=O) groups is 1. The molecule has 0 aliphatic carbocycles. The molecule has 0 radical (unpaired) electrons. The van der Waals surface area contributed by atoms with E-state index in [0.717, 1.165) is 73.3 Å². The topological polar surface area (TPSA) is 51.1 Å². The standard InChI is InChI=1S/C22H27BrN2O2/c1-4-14-10-9-11-15(5-2)20(14)24-22(27)18-17-12-7-8-13-25(17)16(6-3)19(23)21(18)26/h9-11H,4-8,12-13H2,1-3H3,(H,24,27). The van der Waals surface area contributed by atoms with Gasteiger partial charge in [0.2, 0.25) is 5.43 Å². The first kappa shape index (κ1) is 19.9. The number of nitrogens with zero attached hydrogens (tertiary/aromatic N) is 1. The van der Waals surface area contributed by atoms with E-state index in [2.05, 4.69) is 39.7 Å². The molecular formula is C22H27BrN2O2. The van der Waals surface area contributed by atoms with Gasteiger partial charge in [0.25, 0.3) is 5.91 Å². The predicted molar refractivity (Wildman–Crippen MR) is 114 cm³/mol. The number of pyridine rings is 1. The van der Waals surface area contributed by atoms with Gasteiger partial charge in [-0.1, -0.05) is 39.0 Å². The molecule has 0 fully saturated rings. The quantitative estimate of drug-likeness (QED) is 0.733. The van der Waals surface area contributed by atoms with Crippen molar-refractivity contribution in [2.24, 2.45) is 0 Å². The van der Waals surface area contributed by atoms with Crippen LogP contribution in [0.1, 0.15) is 66.5 Å². The van der Waals surface area contributed by atoms with Crippen molar-refractivity contribution in [3.63, 3.8) is 0 Å². The lowest BCUT2D eigenvalue weighted by molar-refractivity contribution is 0.102. The molecule has 0 unspecified atom stereocenters. The van der Waals surface area contributed by atoms with Crippen LogP contribution in [0.3, 0.4) is 0 Å². The molecule has 4 nitrogen and oxygen atoms in total. The number of amides is 1. The van der Waals surface area contributed by atoms with Crippen LogP contribution in [0.15, 0.2) is 27.5 Å². The maximum atomic E-state index is 13.2. The van der Waals surface area contributed by atoms with Crippen molar-refractivity contribution >= 4 is 27.5 Å². The Labute approximate surface area is 169 Å². The third kappa shape index (κ3) is 3.62. The normalized spacial score (nSPS) is 13.3. The summed E-state index contributed by atoms with van der Waals surface area (Å²) in [5.41, 5.74) is 5.04. The number of rotatable bonds is 5. The Bertz CT molecular complexity index is 909. The number of benzene rings is 1. The van der Waals surface area contributed by atoms with Crippen LogP contribution in [-0.4, -0.2) is 10.5 Å². The molecule has 1 aliphatic heterocycles. The first-order valence-corrected chi connectivity index (χ1v) is 10.7. The van der Waals surface area contributed by atoms with Gasteiger partial charge in [-0.3, -0.25) is 9.59 Å². The van der Waals surface area contributed by atoms with Crippen molar-refractivity contribution in [2.75, 3.05) is 5.32 Å². The summed E-state index contributed by atoms with van der Waals surface area (Å²) in [6.45, 7) is 7.07. The van der Waals surface area contributed by atoms with E-state index in [1.807, 2.05) is 25.1 Å². The van der Waals surface area contributed by atoms with Crippen molar-refractivity contribution < 1.29 is 4.79 Å². The van der Waals surface area contributed by atoms with Crippen LogP contribution in [0, 0.1) is 0 Å². The summed E-state index contributed by atoms with van der Waals surface area (Å²) >= 11 is 3.47. The maximum absolute atomic E-state index is 13.2. The van der Waals surface area contributed by atoms with E-state index >= 15 is 0 Å². The largest absolute Gasteiger partial charge is 0.346 e. The van der Waals surface area contributed by atoms with Gasteiger partial charge in [-0.15, -0.1) is 0 Å². The van der Waals surface area contributed by atoms with Crippen LogP contribution in [0.2, 0.25) is 0 Å². The minimum absolute atomic E-state index is 0.190. The number of hydrogen-bond donors (Lipinski definition) is 1. The van der Waals surface area contributed by atoms with Gasteiger partial charge in [0.15, 0.2) is 0 Å². The van der Waals surface area contributed by atoms with Crippen LogP contribution in [-0.2, 0) is 32.2 Å². The van der Waals surface area contributed by atoms with Gasteiger partial charge in [-0.05, 0) is 65.6 Å². The Morgan fingerprint density at radius 2 is 1.78 bits per heavy atom. The van der Waals surface area contributed by atoms with E-state index in [4.69, 9.17) is 0 Å². The lowest BCUT2D eigenvalue weighted by atomic mass is 9.99. The van der Waals surface area contributed by atoms with Crippen molar-refractivity contribution in [2.45, 2.75) is 65.8 Å². The number of para-hydroxylation sites is 1. The molecule has 144 valence electrons. The average Bonchev–Trinajstić information content (AvgIpc) is 2.69. The zero-order chi connectivity index (χ0) is 19.6. The van der Waals surface area contributed by atoms with Crippen LogP contribution < -0.4 is 10.7 Å². The Balaban J connectivity index is 2.12. The highest BCUT2D eigenvalue weighted by atomic mass is 79.9. The first-order valence-electron chi connectivity index (χ1n) is 9.89. The average molecular weight is 431 g/mol. The Hall–Kier alpha value is -1.88. The fourth-order valence-corrected chi connectivity index (χ4v) is 4.73. The number of hydrogen-bond acceptors (Lipinski definition) is 2. The lowest BCUT2D eigenvalue weighted by Crippen LogP contribution is -2.32. The van der Waals surface area contributed by atoms with E-state index in [1.54, 1.807) is 0 Å². The minimum Gasteiger partial charge on any atom is -0.346 e. The Morgan fingerprint density at radius 3 is 2.37 bits per heavy atom. The van der Waals surface area contributed by atoms with E-state index in [1.165, 1.54) is 0 Å². The number of aryl methyl sites for hydroxylation is 2. The smallest absolute Gasteiger partial charge is 0.261 e. The number of anilines is 1. The third-order valence-corrected chi connectivity index (χ3v) is 6.28. The second-order valence-electron chi connectivity index (χ2n) is 6.99. The summed E-state index contributed by atoms with van der Waals surface area (Å²) in [5, 5.41) is 3.08. The first-order chi connectivity index (χ1) is 13.0. The summed E-state index contributed by atoms with van der Waals surface area (Å²) in [4.78, 5) is 26.3. The van der Waals surface area contributed by atoms with Crippen LogP contribution in [0.4, 0.5) is 5.69 Å². The highest BCUT2D eigenvalue weighted by Gasteiger charge is 2.26. The zero-order valence-corrected chi connectivity index (χ0v) is 17.9. The molecule has 0 saturated heterocycles. The predicted octanol–water partition coefficient (Wildman–Crippen LogP) is 4.89. The molecule has 0 saturated carbocycles. The Morgan fingerprint density at radius 1 is 1.11 bits per heavy atom. The lowest BCUT2D eigenvalue weighted by Gasteiger charge is -2.26. The second-order valence-corrected chi connectivity index (χ2v) is 7.78. The van der Waals surface area contributed by atoms with Crippen molar-refractivity contribution in [1.29, 1.82) is 0 Å². The number of carbonyl (C=O) groups excluding carboxylic acids is 1. The molecule has 0 spiro atoms. The van der Waals surface area contributed by atoms with Gasteiger partial charge in [0.1, 0.15) is 5.56 Å². The zero-order valence-electron chi connectivity index (χ0n) is 16.3. The molecule has 1 N–H and O–H groups in total. The summed E-state index contributed by atoms with van der Waals surface area (Å²) in [5.74, 6) is -0.287. The van der Waals surface area contributed by atoms with Crippen LogP contribution in [0.25, 0.3) is 0 Å². The van der Waals surface area contributed by atoms with E-state index in [9.17, 15) is 9.59 Å². The SMILES string of the molecule is CCc1cccc(CC)c1NC(=O)c1c2n(c(CC)c(Br)c1=O)CCCC2. The summed E-state index contributed by atoms with van der Waals surface area (Å²) in [6, 6.07) is 6.09. The van der Waals surface area contributed by atoms with Crippen molar-refractivity contribution in [3.8, 4) is 0 Å². The third-order valence-electron chi connectivity index (χ3n) is 5.46. The van der Waals surface area contributed by atoms with Gasteiger partial charge < -0.3 is 9.88 Å². The summed E-state index contributed by atoms with van der Waals surface area (Å²) in [7, 11) is 0. The van der Waals surface area contributed by atoms with E-state index in [0.29, 0.717) is 10.0 Å². The molecule has 2 aromatic rings. The minimum atomic E-state index is -0.287. The van der Waals surface area contributed by atoms with Crippen LogP contribution >= 0.6 is 15.9 Å². The van der Waals surface area contributed by atoms with Crippen molar-refractivity contribution in [3.05, 3.63) is 61.0 Å². The second kappa shape index (κ2) is 8.42. The molecule has 27 heavy (non-hydrogen) atoms. The summed E-state index contributed by atoms with van der Waals surface area (Å²) in [6.07, 6.45) is 5.29. The van der Waals surface area contributed by atoms with E-state index in [-0.39, 0.29) is 11.3 Å². The number of halogens is 1. The molecule has 5 heteroatoms. The molecule has 2 heterocycles. The fourth-order valence-electron chi connectivity index (χ4n) is 4.04. The highest BCUT2D eigenvalue weighted by Crippen LogP contribution is 2.27. The van der Waals surface area contributed by atoms with Gasteiger partial charge >= 0.3 is 0 Å². The molecule has 1 amide bonds. The maximum Gasteiger partial charge on any atom is 0.261 e. The fraction of sp³-hybridized carbons (Fsp3) is 0.455. The molecule has 1 aromatic carbocycles.